The zero-order chi connectivity index (χ0) is 18.7. The van der Waals surface area contributed by atoms with Crippen LogP contribution in [0.3, 0.4) is 0 Å². The maximum absolute atomic E-state index is 9.15. The average Bonchev–Trinajstić information content (AvgIpc) is 2.61. The Bertz CT molecular complexity index is 535. The van der Waals surface area contributed by atoms with Crippen LogP contribution in [0.25, 0.3) is 0 Å². The quantitative estimate of drug-likeness (QED) is 0.446. The van der Waals surface area contributed by atoms with Gasteiger partial charge in [-0.05, 0) is 51.3 Å². The fraction of sp³-hybridized carbons (Fsp3) is 0.632. The number of nitrogens with one attached hydrogen (secondary N) is 2. The first-order chi connectivity index (χ1) is 12.0. The SMILES string of the molecule is CCNC(=NCC(C)CO)NC(C)c1ccc(OCC)c(OCC)c1. The van der Waals surface area contributed by atoms with E-state index in [-0.39, 0.29) is 18.6 Å². The molecule has 6 nitrogen and oxygen atoms in total. The molecule has 0 radical (unpaired) electrons. The molecular formula is C19H33N3O3. The highest BCUT2D eigenvalue weighted by Crippen LogP contribution is 2.30. The highest BCUT2D eigenvalue weighted by molar-refractivity contribution is 5.80. The van der Waals surface area contributed by atoms with Gasteiger partial charge in [0, 0.05) is 19.7 Å². The van der Waals surface area contributed by atoms with E-state index in [1.165, 1.54) is 0 Å². The minimum absolute atomic E-state index is 0.0529. The molecule has 6 heteroatoms. The van der Waals surface area contributed by atoms with Crippen molar-refractivity contribution in [3.05, 3.63) is 23.8 Å². The van der Waals surface area contributed by atoms with Crippen molar-refractivity contribution in [3.63, 3.8) is 0 Å². The molecule has 25 heavy (non-hydrogen) atoms. The lowest BCUT2D eigenvalue weighted by Crippen LogP contribution is -2.39. The number of ether oxygens (including phenoxy) is 2. The van der Waals surface area contributed by atoms with Crippen molar-refractivity contribution in [2.75, 3.05) is 32.9 Å². The van der Waals surface area contributed by atoms with Crippen LogP contribution in [0.4, 0.5) is 0 Å². The second-order valence-corrected chi connectivity index (χ2v) is 5.95. The number of hydrogen-bond acceptors (Lipinski definition) is 4. The van der Waals surface area contributed by atoms with Crippen molar-refractivity contribution in [2.24, 2.45) is 10.9 Å². The number of benzene rings is 1. The third kappa shape index (κ3) is 7.22. The lowest BCUT2D eigenvalue weighted by Gasteiger charge is -2.20. The standard InChI is InChI=1S/C19H33N3O3/c1-6-20-19(21-12-14(4)13-23)22-15(5)16-9-10-17(24-7-2)18(11-16)25-8-3/h9-11,14-15,23H,6-8,12-13H2,1-5H3,(H2,20,21,22). The van der Waals surface area contributed by atoms with Gasteiger partial charge >= 0.3 is 0 Å². The monoisotopic (exact) mass is 351 g/mol. The molecule has 0 fully saturated rings. The second-order valence-electron chi connectivity index (χ2n) is 5.95. The summed E-state index contributed by atoms with van der Waals surface area (Å²) in [5, 5.41) is 15.8. The third-order valence-corrected chi connectivity index (χ3v) is 3.64. The van der Waals surface area contributed by atoms with Gasteiger partial charge in [-0.1, -0.05) is 13.0 Å². The van der Waals surface area contributed by atoms with E-state index in [1.807, 2.05) is 45.9 Å². The van der Waals surface area contributed by atoms with E-state index in [0.717, 1.165) is 29.6 Å². The smallest absolute Gasteiger partial charge is 0.191 e. The van der Waals surface area contributed by atoms with Crippen LogP contribution in [-0.4, -0.2) is 44.0 Å². The minimum Gasteiger partial charge on any atom is -0.490 e. The summed E-state index contributed by atoms with van der Waals surface area (Å²) in [6.07, 6.45) is 0. The van der Waals surface area contributed by atoms with Gasteiger partial charge in [0.2, 0.25) is 0 Å². The van der Waals surface area contributed by atoms with Gasteiger partial charge in [-0.2, -0.15) is 0 Å². The van der Waals surface area contributed by atoms with Gasteiger partial charge in [-0.3, -0.25) is 4.99 Å². The van der Waals surface area contributed by atoms with E-state index >= 15 is 0 Å². The first-order valence-electron chi connectivity index (χ1n) is 9.10. The Morgan fingerprint density at radius 1 is 1.12 bits per heavy atom. The van der Waals surface area contributed by atoms with Gasteiger partial charge in [0.25, 0.3) is 0 Å². The molecule has 142 valence electrons. The lowest BCUT2D eigenvalue weighted by atomic mass is 10.1. The number of rotatable bonds is 10. The van der Waals surface area contributed by atoms with Gasteiger partial charge < -0.3 is 25.2 Å². The molecule has 0 bridgehead atoms. The van der Waals surface area contributed by atoms with Gasteiger partial charge in [-0.15, -0.1) is 0 Å². The number of guanidine groups is 1. The Hall–Kier alpha value is -1.95. The largest absolute Gasteiger partial charge is 0.490 e. The van der Waals surface area contributed by atoms with Crippen molar-refractivity contribution >= 4 is 5.96 Å². The molecule has 2 atom stereocenters. The van der Waals surface area contributed by atoms with Crippen molar-refractivity contribution in [2.45, 2.75) is 40.7 Å². The molecule has 3 N–H and O–H groups in total. The fourth-order valence-electron chi connectivity index (χ4n) is 2.25. The molecule has 0 spiro atoms. The molecule has 0 saturated heterocycles. The Labute approximate surface area is 151 Å². The van der Waals surface area contributed by atoms with Crippen molar-refractivity contribution in [1.82, 2.24) is 10.6 Å². The summed E-state index contributed by atoms with van der Waals surface area (Å²) in [4.78, 5) is 4.53. The van der Waals surface area contributed by atoms with E-state index in [4.69, 9.17) is 14.6 Å². The maximum Gasteiger partial charge on any atom is 0.191 e. The van der Waals surface area contributed by atoms with Crippen LogP contribution in [0.2, 0.25) is 0 Å². The first kappa shape index (κ1) is 21.1. The summed E-state index contributed by atoms with van der Waals surface area (Å²) in [7, 11) is 0. The molecule has 1 rings (SSSR count). The maximum atomic E-state index is 9.15. The van der Waals surface area contributed by atoms with Crippen LogP contribution < -0.4 is 20.1 Å². The summed E-state index contributed by atoms with van der Waals surface area (Å²) in [5.41, 5.74) is 1.09. The third-order valence-electron chi connectivity index (χ3n) is 3.64. The van der Waals surface area contributed by atoms with Gasteiger partial charge in [0.1, 0.15) is 0 Å². The van der Waals surface area contributed by atoms with E-state index in [9.17, 15) is 0 Å². The fourth-order valence-corrected chi connectivity index (χ4v) is 2.25. The highest BCUT2D eigenvalue weighted by Gasteiger charge is 2.12. The van der Waals surface area contributed by atoms with Crippen molar-refractivity contribution < 1.29 is 14.6 Å². The van der Waals surface area contributed by atoms with Gasteiger partial charge in [0.05, 0.1) is 19.3 Å². The van der Waals surface area contributed by atoms with Crippen LogP contribution in [-0.2, 0) is 0 Å². The van der Waals surface area contributed by atoms with E-state index in [1.54, 1.807) is 0 Å². The zero-order valence-electron chi connectivity index (χ0n) is 16.1. The Morgan fingerprint density at radius 3 is 2.40 bits per heavy atom. The van der Waals surface area contributed by atoms with Gasteiger partial charge in [-0.25, -0.2) is 0 Å². The zero-order valence-corrected chi connectivity index (χ0v) is 16.1. The molecule has 0 amide bonds. The number of aliphatic hydroxyl groups is 1. The Balaban J connectivity index is 2.88. The predicted octanol–water partition coefficient (Wildman–Crippen LogP) is 2.73. The molecule has 0 heterocycles. The highest BCUT2D eigenvalue weighted by atomic mass is 16.5. The van der Waals surface area contributed by atoms with Crippen LogP contribution in [0.15, 0.2) is 23.2 Å². The molecule has 1 aromatic carbocycles. The second kappa shape index (κ2) is 11.6. The number of aliphatic hydroxyl groups excluding tert-OH is 1. The molecule has 2 unspecified atom stereocenters. The molecule has 0 saturated carbocycles. The average molecular weight is 351 g/mol. The molecular weight excluding hydrogens is 318 g/mol. The van der Waals surface area contributed by atoms with Gasteiger partial charge in [0.15, 0.2) is 17.5 Å². The summed E-state index contributed by atoms with van der Waals surface area (Å²) in [6.45, 7) is 12.7. The number of hydrogen-bond donors (Lipinski definition) is 3. The Kier molecular flexibility index (Phi) is 9.77. The van der Waals surface area contributed by atoms with E-state index in [0.29, 0.717) is 19.8 Å². The van der Waals surface area contributed by atoms with Crippen molar-refractivity contribution in [3.8, 4) is 11.5 Å². The topological polar surface area (TPSA) is 75.1 Å². The summed E-state index contributed by atoms with van der Waals surface area (Å²) in [6, 6.07) is 6.04. The summed E-state index contributed by atoms with van der Waals surface area (Å²) in [5.74, 6) is 2.40. The van der Waals surface area contributed by atoms with Crippen molar-refractivity contribution in [1.29, 1.82) is 0 Å². The van der Waals surface area contributed by atoms with Crippen LogP contribution in [0, 0.1) is 5.92 Å². The Morgan fingerprint density at radius 2 is 1.80 bits per heavy atom. The summed E-state index contributed by atoms with van der Waals surface area (Å²) >= 11 is 0. The number of nitrogens with zero attached hydrogens (tertiary/aromatic N) is 1. The molecule has 1 aromatic rings. The molecule has 0 aliphatic heterocycles. The number of aliphatic imine (C=N–C) groups is 1. The lowest BCUT2D eigenvalue weighted by molar-refractivity contribution is 0.241. The van der Waals surface area contributed by atoms with E-state index in [2.05, 4.69) is 22.5 Å². The van der Waals surface area contributed by atoms with Crippen LogP contribution >= 0.6 is 0 Å². The molecule has 0 aliphatic carbocycles. The molecule has 0 aromatic heterocycles. The first-order valence-corrected chi connectivity index (χ1v) is 9.10. The predicted molar refractivity (Wildman–Crippen MR) is 103 cm³/mol. The van der Waals surface area contributed by atoms with Crippen LogP contribution in [0.1, 0.15) is 46.2 Å². The minimum atomic E-state index is 0.0529. The normalized spacial score (nSPS) is 13.9. The van der Waals surface area contributed by atoms with E-state index < -0.39 is 0 Å². The summed E-state index contributed by atoms with van der Waals surface area (Å²) < 4.78 is 11.3. The molecule has 0 aliphatic rings. The van der Waals surface area contributed by atoms with Crippen LogP contribution in [0.5, 0.6) is 11.5 Å².